The monoisotopic (exact) mass is 280 g/mol. The number of aliphatic hydroxyl groups is 2. The van der Waals surface area contributed by atoms with E-state index in [4.69, 9.17) is 0 Å². The van der Waals surface area contributed by atoms with Crippen molar-refractivity contribution < 1.29 is 10.2 Å². The molecule has 0 bridgehead atoms. The quantitative estimate of drug-likeness (QED) is 0.796. The topological polar surface area (TPSA) is 40.5 Å². The largest absolute Gasteiger partial charge is 0.390 e. The molecule has 2 heteroatoms. The van der Waals surface area contributed by atoms with E-state index in [0.717, 1.165) is 25.7 Å². The van der Waals surface area contributed by atoms with Crippen molar-refractivity contribution >= 4 is 0 Å². The van der Waals surface area contributed by atoms with Crippen LogP contribution in [0.15, 0.2) is 0 Å². The lowest BCUT2D eigenvalue weighted by Gasteiger charge is -2.49. The first-order valence-corrected chi connectivity index (χ1v) is 9.07. The van der Waals surface area contributed by atoms with E-state index in [-0.39, 0.29) is 0 Å². The van der Waals surface area contributed by atoms with Crippen molar-refractivity contribution in [2.45, 2.75) is 101 Å². The molecule has 2 N–H and O–H groups in total. The molecule has 3 fully saturated rings. The third kappa shape index (κ3) is 2.92. The maximum atomic E-state index is 11.0. The normalized spacial score (nSPS) is 41.7. The second-order valence-corrected chi connectivity index (χ2v) is 7.88. The number of hydrogen-bond acceptors (Lipinski definition) is 2. The molecule has 0 amide bonds. The van der Waals surface area contributed by atoms with Gasteiger partial charge in [-0.25, -0.2) is 0 Å². The van der Waals surface area contributed by atoms with Crippen LogP contribution < -0.4 is 0 Å². The zero-order chi connectivity index (χ0) is 14.1. The minimum absolute atomic E-state index is 0.457. The van der Waals surface area contributed by atoms with E-state index in [0.29, 0.717) is 11.8 Å². The number of rotatable bonds is 2. The predicted molar refractivity (Wildman–Crippen MR) is 81.5 cm³/mol. The Morgan fingerprint density at radius 1 is 0.500 bits per heavy atom. The van der Waals surface area contributed by atoms with Gasteiger partial charge < -0.3 is 10.2 Å². The van der Waals surface area contributed by atoms with Crippen LogP contribution in [0.4, 0.5) is 0 Å². The van der Waals surface area contributed by atoms with Crippen molar-refractivity contribution in [3.63, 3.8) is 0 Å². The molecule has 0 aliphatic heterocycles. The maximum absolute atomic E-state index is 11.0. The van der Waals surface area contributed by atoms with Gasteiger partial charge in [-0.15, -0.1) is 0 Å². The molecule has 0 heterocycles. The van der Waals surface area contributed by atoms with Crippen LogP contribution in [0.5, 0.6) is 0 Å². The molecule has 0 radical (unpaired) electrons. The Labute approximate surface area is 124 Å². The van der Waals surface area contributed by atoms with Crippen molar-refractivity contribution in [2.24, 2.45) is 11.8 Å². The average molecular weight is 280 g/mol. The van der Waals surface area contributed by atoms with Crippen LogP contribution in [0.1, 0.15) is 89.9 Å². The lowest BCUT2D eigenvalue weighted by Crippen LogP contribution is -2.51. The first-order chi connectivity index (χ1) is 9.62. The second-order valence-electron chi connectivity index (χ2n) is 7.88. The molecule has 0 aromatic carbocycles. The molecule has 3 aliphatic rings. The highest BCUT2D eigenvalue weighted by atomic mass is 16.3. The summed E-state index contributed by atoms with van der Waals surface area (Å²) in [6, 6.07) is 0. The molecular formula is C18H32O2. The van der Waals surface area contributed by atoms with Crippen molar-refractivity contribution in [1.82, 2.24) is 0 Å². The van der Waals surface area contributed by atoms with Gasteiger partial charge in [0, 0.05) is 0 Å². The molecule has 0 atom stereocenters. The highest BCUT2D eigenvalue weighted by molar-refractivity contribution is 5.00. The number of hydrogen-bond donors (Lipinski definition) is 2. The van der Waals surface area contributed by atoms with E-state index in [2.05, 4.69) is 0 Å². The van der Waals surface area contributed by atoms with Crippen molar-refractivity contribution in [1.29, 1.82) is 0 Å². The summed E-state index contributed by atoms with van der Waals surface area (Å²) in [5, 5.41) is 22.0. The summed E-state index contributed by atoms with van der Waals surface area (Å²) in [5.41, 5.74) is -0.914. The molecule has 0 aromatic heterocycles. The van der Waals surface area contributed by atoms with Gasteiger partial charge in [-0.1, -0.05) is 38.5 Å². The van der Waals surface area contributed by atoms with Gasteiger partial charge >= 0.3 is 0 Å². The minimum Gasteiger partial charge on any atom is -0.390 e. The van der Waals surface area contributed by atoms with Crippen molar-refractivity contribution in [3.8, 4) is 0 Å². The van der Waals surface area contributed by atoms with Gasteiger partial charge in [0.25, 0.3) is 0 Å². The summed E-state index contributed by atoms with van der Waals surface area (Å²) in [7, 11) is 0. The van der Waals surface area contributed by atoms with Crippen LogP contribution >= 0.6 is 0 Å². The molecule has 0 unspecified atom stereocenters. The minimum atomic E-state index is -0.457. The molecule has 2 nitrogen and oxygen atoms in total. The van der Waals surface area contributed by atoms with E-state index >= 15 is 0 Å². The van der Waals surface area contributed by atoms with Gasteiger partial charge in [0.15, 0.2) is 0 Å². The second kappa shape index (κ2) is 5.96. The summed E-state index contributed by atoms with van der Waals surface area (Å²) in [6.45, 7) is 0. The van der Waals surface area contributed by atoms with Crippen LogP contribution in [0.25, 0.3) is 0 Å². The van der Waals surface area contributed by atoms with Crippen LogP contribution in [0, 0.1) is 11.8 Å². The predicted octanol–water partition coefficient (Wildman–Crippen LogP) is 4.18. The Hall–Kier alpha value is -0.0800. The Morgan fingerprint density at radius 2 is 0.800 bits per heavy atom. The first kappa shape index (κ1) is 14.8. The average Bonchev–Trinajstić information content (AvgIpc) is 2.52. The first-order valence-electron chi connectivity index (χ1n) is 9.07. The highest BCUT2D eigenvalue weighted by Gasteiger charge is 2.47. The summed E-state index contributed by atoms with van der Waals surface area (Å²) in [5.74, 6) is 1.01. The molecule has 20 heavy (non-hydrogen) atoms. The van der Waals surface area contributed by atoms with Crippen molar-refractivity contribution in [2.75, 3.05) is 0 Å². The van der Waals surface area contributed by atoms with Crippen LogP contribution in [-0.2, 0) is 0 Å². The Balaban J connectivity index is 1.59. The van der Waals surface area contributed by atoms with Gasteiger partial charge in [0.05, 0.1) is 11.2 Å². The summed E-state index contributed by atoms with van der Waals surface area (Å²) < 4.78 is 0. The third-order valence-electron chi connectivity index (χ3n) is 6.71. The van der Waals surface area contributed by atoms with Gasteiger partial charge in [-0.2, -0.15) is 0 Å². The van der Waals surface area contributed by atoms with Crippen molar-refractivity contribution in [3.05, 3.63) is 0 Å². The Kier molecular flexibility index (Phi) is 4.42. The molecule has 0 saturated heterocycles. The van der Waals surface area contributed by atoms with Crippen LogP contribution in [-0.4, -0.2) is 21.4 Å². The van der Waals surface area contributed by atoms with Crippen LogP contribution in [0.2, 0.25) is 0 Å². The van der Waals surface area contributed by atoms with E-state index < -0.39 is 11.2 Å². The fourth-order valence-electron chi connectivity index (χ4n) is 5.21. The van der Waals surface area contributed by atoms with Gasteiger partial charge in [-0.05, 0) is 63.2 Å². The smallest absolute Gasteiger partial charge is 0.0678 e. The Bertz CT molecular complexity index is 273. The van der Waals surface area contributed by atoms with Gasteiger partial charge in [-0.3, -0.25) is 0 Å². The van der Waals surface area contributed by atoms with E-state index in [1.807, 2.05) is 0 Å². The lowest BCUT2D eigenvalue weighted by atomic mass is 9.62. The zero-order valence-electron chi connectivity index (χ0n) is 12.9. The summed E-state index contributed by atoms with van der Waals surface area (Å²) >= 11 is 0. The standard InChI is InChI=1S/C18H32O2/c19-17(15-7-3-1-4-8-15)11-13-18(20,14-12-17)16-9-5-2-6-10-16/h15-16,19-20H,1-14H2. The lowest BCUT2D eigenvalue weighted by molar-refractivity contribution is -0.138. The maximum Gasteiger partial charge on any atom is 0.0678 e. The summed E-state index contributed by atoms with van der Waals surface area (Å²) in [4.78, 5) is 0. The van der Waals surface area contributed by atoms with Gasteiger partial charge in [0.1, 0.15) is 0 Å². The molecule has 0 spiro atoms. The SMILES string of the molecule is OC1(C2CCCCC2)CCC(O)(C2CCCCC2)CC1. The third-order valence-corrected chi connectivity index (χ3v) is 6.71. The van der Waals surface area contributed by atoms with E-state index in [1.165, 1.54) is 64.2 Å². The molecule has 116 valence electrons. The van der Waals surface area contributed by atoms with Gasteiger partial charge in [0.2, 0.25) is 0 Å². The Morgan fingerprint density at radius 3 is 1.10 bits per heavy atom. The van der Waals surface area contributed by atoms with E-state index in [9.17, 15) is 10.2 Å². The molecular weight excluding hydrogens is 248 g/mol. The fraction of sp³-hybridized carbons (Fsp3) is 1.00. The molecule has 3 saturated carbocycles. The summed E-state index contributed by atoms with van der Waals surface area (Å²) in [6.07, 6.45) is 16.0. The fourth-order valence-corrected chi connectivity index (χ4v) is 5.21. The molecule has 0 aromatic rings. The van der Waals surface area contributed by atoms with Crippen LogP contribution in [0.3, 0.4) is 0 Å². The zero-order valence-corrected chi connectivity index (χ0v) is 12.9. The molecule has 3 rings (SSSR count). The highest BCUT2D eigenvalue weighted by Crippen LogP contribution is 2.48. The molecule has 3 aliphatic carbocycles. The van der Waals surface area contributed by atoms with E-state index in [1.54, 1.807) is 0 Å².